The van der Waals surface area contributed by atoms with E-state index in [0.717, 1.165) is 11.5 Å². The molecule has 0 radical (unpaired) electrons. The molecule has 0 bridgehead atoms. The fourth-order valence-electron chi connectivity index (χ4n) is 2.27. The lowest BCUT2D eigenvalue weighted by molar-refractivity contribution is 0.329. The third-order valence-corrected chi connectivity index (χ3v) is 4.07. The lowest BCUT2D eigenvalue weighted by Crippen LogP contribution is -2.16. The summed E-state index contributed by atoms with van der Waals surface area (Å²) in [6, 6.07) is 7.92. The number of benzene rings is 1. The minimum absolute atomic E-state index is 0.372. The quantitative estimate of drug-likeness (QED) is 0.590. The SMILES string of the molecule is CCOC(=S)Cc1nc(Cl)cc(N(C)c2cccc(C)c2C)n1. The average Bonchev–Trinajstić information content (AvgIpc) is 2.49. The van der Waals surface area contributed by atoms with Gasteiger partial charge in [-0.15, -0.1) is 0 Å². The molecule has 0 saturated carbocycles. The first-order valence-corrected chi connectivity index (χ1v) is 8.20. The number of aryl methyl sites for hydroxylation is 1. The van der Waals surface area contributed by atoms with Crippen molar-refractivity contribution in [2.24, 2.45) is 0 Å². The van der Waals surface area contributed by atoms with Crippen molar-refractivity contribution in [3.63, 3.8) is 0 Å². The van der Waals surface area contributed by atoms with Gasteiger partial charge in [-0.1, -0.05) is 23.7 Å². The van der Waals surface area contributed by atoms with E-state index in [2.05, 4.69) is 35.9 Å². The van der Waals surface area contributed by atoms with Crippen LogP contribution in [0.4, 0.5) is 11.5 Å². The molecule has 4 nitrogen and oxygen atoms in total. The highest BCUT2D eigenvalue weighted by atomic mass is 35.5. The van der Waals surface area contributed by atoms with Crippen molar-refractivity contribution in [1.29, 1.82) is 0 Å². The van der Waals surface area contributed by atoms with Crippen LogP contribution in [0.15, 0.2) is 24.3 Å². The Morgan fingerprint density at radius 2 is 2.04 bits per heavy atom. The van der Waals surface area contributed by atoms with Gasteiger partial charge in [0.05, 0.1) is 13.0 Å². The highest BCUT2D eigenvalue weighted by molar-refractivity contribution is 7.80. The molecule has 2 aromatic rings. The van der Waals surface area contributed by atoms with Crippen molar-refractivity contribution < 1.29 is 4.74 Å². The van der Waals surface area contributed by atoms with Gasteiger partial charge < -0.3 is 9.64 Å². The maximum absolute atomic E-state index is 6.15. The van der Waals surface area contributed by atoms with E-state index < -0.39 is 0 Å². The van der Waals surface area contributed by atoms with Crippen LogP contribution in [-0.4, -0.2) is 28.7 Å². The second kappa shape index (κ2) is 7.70. The van der Waals surface area contributed by atoms with Crippen LogP contribution in [0, 0.1) is 13.8 Å². The van der Waals surface area contributed by atoms with Crippen LogP contribution in [0.3, 0.4) is 0 Å². The zero-order chi connectivity index (χ0) is 17.0. The lowest BCUT2D eigenvalue weighted by atomic mass is 10.1. The maximum Gasteiger partial charge on any atom is 0.167 e. The summed E-state index contributed by atoms with van der Waals surface area (Å²) in [6.07, 6.45) is 0.372. The molecule has 0 fully saturated rings. The van der Waals surface area contributed by atoms with Crippen molar-refractivity contribution in [3.8, 4) is 0 Å². The second-order valence-electron chi connectivity index (χ2n) is 5.22. The first-order chi connectivity index (χ1) is 10.9. The molecule has 1 aromatic heterocycles. The number of hydrogen-bond acceptors (Lipinski definition) is 5. The molecular formula is C17H20ClN3OS. The van der Waals surface area contributed by atoms with Crippen LogP contribution in [0.5, 0.6) is 0 Å². The minimum Gasteiger partial charge on any atom is -0.487 e. The van der Waals surface area contributed by atoms with Crippen molar-refractivity contribution in [1.82, 2.24) is 9.97 Å². The maximum atomic E-state index is 6.15. The van der Waals surface area contributed by atoms with Gasteiger partial charge >= 0.3 is 0 Å². The molecule has 0 unspecified atom stereocenters. The summed E-state index contributed by atoms with van der Waals surface area (Å²) < 4.78 is 5.30. The number of halogens is 1. The molecule has 0 aliphatic rings. The number of hydrogen-bond donors (Lipinski definition) is 0. The number of rotatable bonds is 5. The second-order valence-corrected chi connectivity index (χ2v) is 6.07. The van der Waals surface area contributed by atoms with Crippen LogP contribution >= 0.6 is 23.8 Å². The topological polar surface area (TPSA) is 38.2 Å². The van der Waals surface area contributed by atoms with Gasteiger partial charge in [0.15, 0.2) is 5.05 Å². The molecule has 1 aromatic carbocycles. The third-order valence-electron chi connectivity index (χ3n) is 3.62. The van der Waals surface area contributed by atoms with E-state index in [1.54, 1.807) is 6.07 Å². The fourth-order valence-corrected chi connectivity index (χ4v) is 2.71. The van der Waals surface area contributed by atoms with Gasteiger partial charge in [0.1, 0.15) is 16.8 Å². The largest absolute Gasteiger partial charge is 0.487 e. The average molecular weight is 350 g/mol. The Bertz CT molecular complexity index is 721. The monoisotopic (exact) mass is 349 g/mol. The van der Waals surface area contributed by atoms with Crippen LogP contribution in [-0.2, 0) is 11.2 Å². The molecule has 23 heavy (non-hydrogen) atoms. The first kappa shape index (κ1) is 17.6. The lowest BCUT2D eigenvalue weighted by Gasteiger charge is -2.22. The molecule has 2 rings (SSSR count). The highest BCUT2D eigenvalue weighted by Crippen LogP contribution is 2.28. The minimum atomic E-state index is 0.372. The molecule has 0 aliphatic heterocycles. The van der Waals surface area contributed by atoms with Crippen LogP contribution < -0.4 is 4.90 Å². The van der Waals surface area contributed by atoms with Gasteiger partial charge in [-0.05, 0) is 50.2 Å². The van der Waals surface area contributed by atoms with Gasteiger partial charge in [-0.25, -0.2) is 9.97 Å². The molecule has 1 heterocycles. The van der Waals surface area contributed by atoms with E-state index in [1.807, 2.05) is 24.9 Å². The molecule has 0 saturated heterocycles. The Hall–Kier alpha value is -1.72. The van der Waals surface area contributed by atoms with E-state index in [1.165, 1.54) is 11.1 Å². The van der Waals surface area contributed by atoms with Gasteiger partial charge in [-0.2, -0.15) is 0 Å². The number of anilines is 2. The summed E-state index contributed by atoms with van der Waals surface area (Å²) in [5, 5.41) is 0.858. The Balaban J connectivity index is 2.33. The summed E-state index contributed by atoms with van der Waals surface area (Å²) in [7, 11) is 1.96. The van der Waals surface area contributed by atoms with Crippen LogP contribution in [0.1, 0.15) is 23.9 Å². The summed E-state index contributed by atoms with van der Waals surface area (Å²) in [4.78, 5) is 10.8. The highest BCUT2D eigenvalue weighted by Gasteiger charge is 2.13. The van der Waals surface area contributed by atoms with Crippen molar-refractivity contribution in [2.75, 3.05) is 18.6 Å². The first-order valence-electron chi connectivity index (χ1n) is 7.41. The Labute approximate surface area is 147 Å². The van der Waals surface area contributed by atoms with Crippen LogP contribution in [0.25, 0.3) is 0 Å². The van der Waals surface area contributed by atoms with Gasteiger partial charge in [0, 0.05) is 18.8 Å². The van der Waals surface area contributed by atoms with E-state index in [-0.39, 0.29) is 0 Å². The zero-order valence-electron chi connectivity index (χ0n) is 13.8. The number of nitrogens with zero attached hydrogens (tertiary/aromatic N) is 3. The van der Waals surface area contributed by atoms with Gasteiger partial charge in [-0.3, -0.25) is 0 Å². The van der Waals surface area contributed by atoms with E-state index in [0.29, 0.717) is 29.1 Å². The van der Waals surface area contributed by atoms with Crippen molar-refractivity contribution in [3.05, 3.63) is 46.4 Å². The number of ether oxygens (including phenoxy) is 1. The summed E-state index contributed by atoms with van der Waals surface area (Å²) in [6.45, 7) is 6.61. The normalized spacial score (nSPS) is 10.5. The zero-order valence-corrected chi connectivity index (χ0v) is 15.3. The molecule has 0 spiro atoms. The molecule has 0 N–H and O–H groups in total. The number of thiocarbonyl (C=S) groups is 1. The fraction of sp³-hybridized carbons (Fsp3) is 0.353. The molecule has 122 valence electrons. The molecular weight excluding hydrogens is 330 g/mol. The smallest absolute Gasteiger partial charge is 0.167 e. The van der Waals surface area contributed by atoms with Crippen molar-refractivity contribution in [2.45, 2.75) is 27.2 Å². The summed E-state index contributed by atoms with van der Waals surface area (Å²) >= 11 is 11.3. The standard InChI is InChI=1S/C17H20ClN3OS/c1-5-22-17(23)10-15-19-14(18)9-16(20-15)21(4)13-8-6-7-11(2)12(13)3/h6-9H,5,10H2,1-4H3. The summed E-state index contributed by atoms with van der Waals surface area (Å²) in [5.41, 5.74) is 3.52. The van der Waals surface area contributed by atoms with Crippen LogP contribution in [0.2, 0.25) is 5.15 Å². The third kappa shape index (κ3) is 4.39. The van der Waals surface area contributed by atoms with E-state index in [9.17, 15) is 0 Å². The van der Waals surface area contributed by atoms with E-state index in [4.69, 9.17) is 28.6 Å². The number of aromatic nitrogens is 2. The molecule has 0 aliphatic carbocycles. The molecule has 6 heteroatoms. The predicted octanol–water partition coefficient (Wildman–Crippen LogP) is 4.42. The predicted molar refractivity (Wildman–Crippen MR) is 98.9 cm³/mol. The Morgan fingerprint density at radius 3 is 2.74 bits per heavy atom. The van der Waals surface area contributed by atoms with Crippen molar-refractivity contribution >= 4 is 40.4 Å². The summed E-state index contributed by atoms with van der Waals surface area (Å²) in [5.74, 6) is 1.29. The Morgan fingerprint density at radius 1 is 1.30 bits per heavy atom. The molecule has 0 atom stereocenters. The Kier molecular flexibility index (Phi) is 5.91. The molecule has 0 amide bonds. The van der Waals surface area contributed by atoms with Gasteiger partial charge in [0.2, 0.25) is 0 Å². The van der Waals surface area contributed by atoms with Gasteiger partial charge in [0.25, 0.3) is 0 Å². The van der Waals surface area contributed by atoms with E-state index >= 15 is 0 Å².